The molecule has 2 aromatic rings. The van der Waals surface area contributed by atoms with Crippen LogP contribution in [0.25, 0.3) is 0 Å². The van der Waals surface area contributed by atoms with Gasteiger partial charge in [0.2, 0.25) is 5.91 Å². The smallest absolute Gasteiger partial charge is 0.254 e. The lowest BCUT2D eigenvalue weighted by Gasteiger charge is -2.26. The molecular weight excluding hydrogens is 328 g/mol. The van der Waals surface area contributed by atoms with Gasteiger partial charge < -0.3 is 15.0 Å². The Morgan fingerprint density at radius 1 is 0.962 bits per heavy atom. The SMILES string of the molecule is O=C(CCCc1ccccc1)Nc1ccc(C(=O)N2CCOCC2)cc1. The third-order valence-electron chi connectivity index (χ3n) is 4.43. The van der Waals surface area contributed by atoms with Gasteiger partial charge in [0.25, 0.3) is 5.91 Å². The third-order valence-corrected chi connectivity index (χ3v) is 4.43. The van der Waals surface area contributed by atoms with Crippen LogP contribution in [-0.4, -0.2) is 43.0 Å². The fourth-order valence-corrected chi connectivity index (χ4v) is 2.97. The molecule has 0 spiro atoms. The van der Waals surface area contributed by atoms with Crippen molar-refractivity contribution < 1.29 is 14.3 Å². The van der Waals surface area contributed by atoms with E-state index in [0.717, 1.165) is 12.8 Å². The number of rotatable bonds is 6. The Labute approximate surface area is 154 Å². The van der Waals surface area contributed by atoms with Gasteiger partial charge in [-0.25, -0.2) is 0 Å². The van der Waals surface area contributed by atoms with Gasteiger partial charge >= 0.3 is 0 Å². The number of hydrogen-bond acceptors (Lipinski definition) is 3. The Kier molecular flexibility index (Phi) is 6.39. The summed E-state index contributed by atoms with van der Waals surface area (Å²) in [5.74, 6) is 0.00206. The van der Waals surface area contributed by atoms with Crippen molar-refractivity contribution in [1.82, 2.24) is 4.90 Å². The monoisotopic (exact) mass is 352 g/mol. The lowest BCUT2D eigenvalue weighted by molar-refractivity contribution is -0.116. The van der Waals surface area contributed by atoms with Crippen molar-refractivity contribution in [3.63, 3.8) is 0 Å². The normalized spacial score (nSPS) is 14.1. The van der Waals surface area contributed by atoms with Crippen LogP contribution in [0.1, 0.15) is 28.8 Å². The van der Waals surface area contributed by atoms with E-state index in [1.807, 2.05) is 18.2 Å². The Balaban J connectivity index is 1.46. The maximum atomic E-state index is 12.4. The van der Waals surface area contributed by atoms with Crippen molar-refractivity contribution in [1.29, 1.82) is 0 Å². The van der Waals surface area contributed by atoms with E-state index >= 15 is 0 Å². The highest BCUT2D eigenvalue weighted by molar-refractivity contribution is 5.95. The summed E-state index contributed by atoms with van der Waals surface area (Å²) < 4.78 is 5.27. The molecule has 26 heavy (non-hydrogen) atoms. The van der Waals surface area contributed by atoms with E-state index in [0.29, 0.717) is 44.0 Å². The number of nitrogens with one attached hydrogen (secondary N) is 1. The Hall–Kier alpha value is -2.66. The van der Waals surface area contributed by atoms with E-state index in [-0.39, 0.29) is 11.8 Å². The van der Waals surface area contributed by atoms with Crippen molar-refractivity contribution in [3.8, 4) is 0 Å². The minimum absolute atomic E-state index is 0.00631. The van der Waals surface area contributed by atoms with Crippen molar-refractivity contribution in [2.45, 2.75) is 19.3 Å². The molecule has 0 radical (unpaired) electrons. The van der Waals surface area contributed by atoms with Crippen molar-refractivity contribution in [2.24, 2.45) is 0 Å². The molecule has 5 nitrogen and oxygen atoms in total. The van der Waals surface area contributed by atoms with Gasteiger partial charge in [-0.05, 0) is 42.7 Å². The molecule has 1 N–H and O–H groups in total. The highest BCUT2D eigenvalue weighted by atomic mass is 16.5. The quantitative estimate of drug-likeness (QED) is 0.869. The lowest BCUT2D eigenvalue weighted by Crippen LogP contribution is -2.40. The van der Waals surface area contributed by atoms with Gasteiger partial charge in [-0.15, -0.1) is 0 Å². The molecule has 0 atom stereocenters. The molecule has 5 heteroatoms. The molecule has 1 saturated heterocycles. The van der Waals surface area contributed by atoms with Crippen LogP contribution < -0.4 is 5.32 Å². The Morgan fingerprint density at radius 2 is 1.65 bits per heavy atom. The first-order valence-corrected chi connectivity index (χ1v) is 9.03. The zero-order valence-electron chi connectivity index (χ0n) is 14.8. The summed E-state index contributed by atoms with van der Waals surface area (Å²) in [6, 6.07) is 17.2. The number of amides is 2. The summed E-state index contributed by atoms with van der Waals surface area (Å²) in [5.41, 5.74) is 2.59. The van der Waals surface area contributed by atoms with E-state index in [2.05, 4.69) is 17.4 Å². The molecule has 0 aliphatic carbocycles. The van der Waals surface area contributed by atoms with Crippen LogP contribution in [0.4, 0.5) is 5.69 Å². The fraction of sp³-hybridized carbons (Fsp3) is 0.333. The zero-order chi connectivity index (χ0) is 18.2. The van der Waals surface area contributed by atoms with Crippen LogP contribution in [0.3, 0.4) is 0 Å². The lowest BCUT2D eigenvalue weighted by atomic mass is 10.1. The van der Waals surface area contributed by atoms with E-state index in [1.54, 1.807) is 29.2 Å². The molecule has 2 amide bonds. The molecule has 0 bridgehead atoms. The fourth-order valence-electron chi connectivity index (χ4n) is 2.97. The van der Waals surface area contributed by atoms with Crippen LogP contribution >= 0.6 is 0 Å². The maximum absolute atomic E-state index is 12.4. The van der Waals surface area contributed by atoms with Gasteiger partial charge in [-0.2, -0.15) is 0 Å². The predicted molar refractivity (Wildman–Crippen MR) is 101 cm³/mol. The zero-order valence-corrected chi connectivity index (χ0v) is 14.8. The first-order chi connectivity index (χ1) is 12.7. The molecule has 0 unspecified atom stereocenters. The highest BCUT2D eigenvalue weighted by Crippen LogP contribution is 2.13. The summed E-state index contributed by atoms with van der Waals surface area (Å²) >= 11 is 0. The van der Waals surface area contributed by atoms with Crippen LogP contribution in [-0.2, 0) is 16.0 Å². The average Bonchev–Trinajstić information content (AvgIpc) is 2.69. The molecule has 0 aromatic heterocycles. The second-order valence-electron chi connectivity index (χ2n) is 6.37. The van der Waals surface area contributed by atoms with E-state index < -0.39 is 0 Å². The summed E-state index contributed by atoms with van der Waals surface area (Å²) in [6.45, 7) is 2.42. The van der Waals surface area contributed by atoms with Crippen LogP contribution in [0.2, 0.25) is 0 Å². The minimum Gasteiger partial charge on any atom is -0.378 e. The molecule has 1 heterocycles. The van der Waals surface area contributed by atoms with Crippen molar-refractivity contribution in [3.05, 3.63) is 65.7 Å². The number of carbonyl (C=O) groups excluding carboxylic acids is 2. The summed E-state index contributed by atoms with van der Waals surface area (Å²) in [7, 11) is 0. The summed E-state index contributed by atoms with van der Waals surface area (Å²) in [4.78, 5) is 26.3. The number of nitrogens with zero attached hydrogens (tertiary/aromatic N) is 1. The highest BCUT2D eigenvalue weighted by Gasteiger charge is 2.18. The standard InChI is InChI=1S/C21H24N2O3/c24-20(8-4-7-17-5-2-1-3-6-17)22-19-11-9-18(10-12-19)21(25)23-13-15-26-16-14-23/h1-3,5-6,9-12H,4,7-8,13-16H2,(H,22,24). The predicted octanol–water partition coefficient (Wildman–Crippen LogP) is 3.12. The minimum atomic E-state index is -0.00631. The number of hydrogen-bond donors (Lipinski definition) is 1. The van der Waals surface area contributed by atoms with Gasteiger partial charge in [0, 0.05) is 30.8 Å². The Morgan fingerprint density at radius 3 is 2.35 bits per heavy atom. The van der Waals surface area contributed by atoms with Gasteiger partial charge in [0.05, 0.1) is 13.2 Å². The molecule has 1 fully saturated rings. The topological polar surface area (TPSA) is 58.6 Å². The second-order valence-corrected chi connectivity index (χ2v) is 6.37. The number of carbonyl (C=O) groups is 2. The Bertz CT molecular complexity index is 723. The average molecular weight is 352 g/mol. The number of aryl methyl sites for hydroxylation is 1. The van der Waals surface area contributed by atoms with Crippen molar-refractivity contribution >= 4 is 17.5 Å². The molecule has 2 aromatic carbocycles. The van der Waals surface area contributed by atoms with Gasteiger partial charge in [0.15, 0.2) is 0 Å². The molecule has 0 saturated carbocycles. The first-order valence-electron chi connectivity index (χ1n) is 9.03. The van der Waals surface area contributed by atoms with E-state index in [9.17, 15) is 9.59 Å². The second kappa shape index (κ2) is 9.15. The van der Waals surface area contributed by atoms with Gasteiger partial charge in [-0.3, -0.25) is 9.59 Å². The van der Waals surface area contributed by atoms with Crippen molar-refractivity contribution in [2.75, 3.05) is 31.6 Å². The summed E-state index contributed by atoms with van der Waals surface area (Å²) in [5, 5.41) is 2.89. The van der Waals surface area contributed by atoms with Crippen LogP contribution in [0.5, 0.6) is 0 Å². The molecule has 3 rings (SSSR count). The molecule has 1 aliphatic rings. The maximum Gasteiger partial charge on any atom is 0.254 e. The molecular formula is C21H24N2O3. The van der Waals surface area contributed by atoms with Crippen LogP contribution in [0.15, 0.2) is 54.6 Å². The van der Waals surface area contributed by atoms with E-state index in [1.165, 1.54) is 5.56 Å². The largest absolute Gasteiger partial charge is 0.378 e. The number of benzene rings is 2. The summed E-state index contributed by atoms with van der Waals surface area (Å²) in [6.07, 6.45) is 2.17. The third kappa shape index (κ3) is 5.17. The number of morpholine rings is 1. The van der Waals surface area contributed by atoms with E-state index in [4.69, 9.17) is 4.74 Å². The van der Waals surface area contributed by atoms with Gasteiger partial charge in [-0.1, -0.05) is 30.3 Å². The number of ether oxygens (including phenoxy) is 1. The first kappa shape index (κ1) is 18.1. The molecule has 1 aliphatic heterocycles. The van der Waals surface area contributed by atoms with Gasteiger partial charge in [0.1, 0.15) is 0 Å². The van der Waals surface area contributed by atoms with Crippen LogP contribution in [0, 0.1) is 0 Å². The number of anilines is 1. The molecule has 136 valence electrons.